The van der Waals surface area contributed by atoms with Crippen LogP contribution in [0.5, 0.6) is 11.5 Å². The SMILES string of the molecule is COc1ccc2nccc(OCCCCN3CCOC3=O)c2c1. The summed E-state index contributed by atoms with van der Waals surface area (Å²) in [7, 11) is 1.64. The molecule has 0 spiro atoms. The van der Waals surface area contributed by atoms with Crippen LogP contribution >= 0.6 is 0 Å². The van der Waals surface area contributed by atoms with E-state index in [0.717, 1.165) is 35.2 Å². The van der Waals surface area contributed by atoms with Crippen LogP contribution in [0.1, 0.15) is 12.8 Å². The minimum atomic E-state index is -0.210. The van der Waals surface area contributed by atoms with Gasteiger partial charge in [-0.1, -0.05) is 0 Å². The molecule has 1 saturated heterocycles. The summed E-state index contributed by atoms with van der Waals surface area (Å²) in [6.45, 7) is 2.50. The molecule has 2 heterocycles. The number of cyclic esters (lactones) is 1. The lowest BCUT2D eigenvalue weighted by atomic mass is 10.2. The number of rotatable bonds is 7. The Labute approximate surface area is 135 Å². The fourth-order valence-electron chi connectivity index (χ4n) is 2.57. The van der Waals surface area contributed by atoms with Crippen LogP contribution < -0.4 is 9.47 Å². The second-order valence-electron chi connectivity index (χ2n) is 5.35. The highest BCUT2D eigenvalue weighted by molar-refractivity contribution is 5.86. The van der Waals surface area contributed by atoms with Crippen LogP contribution in [0.2, 0.25) is 0 Å². The fraction of sp³-hybridized carbons (Fsp3) is 0.412. The Balaban J connectivity index is 1.53. The maximum Gasteiger partial charge on any atom is 0.409 e. The zero-order valence-electron chi connectivity index (χ0n) is 13.2. The van der Waals surface area contributed by atoms with Crippen molar-refractivity contribution >= 4 is 17.0 Å². The van der Waals surface area contributed by atoms with Crippen LogP contribution in [0.25, 0.3) is 10.9 Å². The highest BCUT2D eigenvalue weighted by Crippen LogP contribution is 2.27. The lowest BCUT2D eigenvalue weighted by molar-refractivity contribution is 0.157. The Kier molecular flexibility index (Phi) is 4.80. The van der Waals surface area contributed by atoms with Crippen LogP contribution in [-0.2, 0) is 4.74 Å². The molecule has 1 aliphatic heterocycles. The average Bonchev–Trinajstić information content (AvgIpc) is 2.99. The number of nitrogens with zero attached hydrogens (tertiary/aromatic N) is 2. The van der Waals surface area contributed by atoms with E-state index in [-0.39, 0.29) is 6.09 Å². The van der Waals surface area contributed by atoms with E-state index in [0.29, 0.717) is 26.3 Å². The van der Waals surface area contributed by atoms with Gasteiger partial charge in [-0.15, -0.1) is 0 Å². The van der Waals surface area contributed by atoms with E-state index in [4.69, 9.17) is 14.2 Å². The summed E-state index contributed by atoms with van der Waals surface area (Å²) < 4.78 is 16.0. The van der Waals surface area contributed by atoms with E-state index in [9.17, 15) is 4.79 Å². The van der Waals surface area contributed by atoms with Crippen molar-refractivity contribution in [2.24, 2.45) is 0 Å². The molecule has 0 unspecified atom stereocenters. The highest BCUT2D eigenvalue weighted by atomic mass is 16.6. The third-order valence-electron chi connectivity index (χ3n) is 3.83. The van der Waals surface area contributed by atoms with Crippen molar-refractivity contribution in [2.45, 2.75) is 12.8 Å². The molecule has 1 amide bonds. The molecule has 0 atom stereocenters. The van der Waals surface area contributed by atoms with Gasteiger partial charge in [0.1, 0.15) is 18.1 Å². The number of pyridine rings is 1. The first-order chi connectivity index (χ1) is 11.3. The largest absolute Gasteiger partial charge is 0.497 e. The van der Waals surface area contributed by atoms with Gasteiger partial charge in [0, 0.05) is 18.1 Å². The predicted molar refractivity (Wildman–Crippen MR) is 85.9 cm³/mol. The predicted octanol–water partition coefficient (Wildman–Crippen LogP) is 2.85. The number of amides is 1. The van der Waals surface area contributed by atoms with Crippen LogP contribution in [0.4, 0.5) is 4.79 Å². The van der Waals surface area contributed by atoms with Crippen molar-refractivity contribution in [1.29, 1.82) is 0 Å². The molecule has 1 aliphatic rings. The molecule has 6 nitrogen and oxygen atoms in total. The van der Waals surface area contributed by atoms with Gasteiger partial charge in [0.05, 0.1) is 25.8 Å². The van der Waals surface area contributed by atoms with E-state index < -0.39 is 0 Å². The number of methoxy groups -OCH3 is 1. The first-order valence-electron chi connectivity index (χ1n) is 7.75. The number of unbranched alkanes of at least 4 members (excludes halogenated alkanes) is 1. The standard InChI is InChI=1S/C17H20N2O4/c1-21-13-4-5-15-14(12-13)16(6-7-18-15)22-10-3-2-8-19-9-11-23-17(19)20/h4-7,12H,2-3,8-11H2,1H3. The normalized spacial score (nSPS) is 14.1. The molecule has 0 radical (unpaired) electrons. The molecule has 122 valence electrons. The van der Waals surface area contributed by atoms with E-state index in [1.54, 1.807) is 18.2 Å². The molecule has 1 aromatic heterocycles. The molecule has 1 fully saturated rings. The third kappa shape index (κ3) is 3.64. The summed E-state index contributed by atoms with van der Waals surface area (Å²) in [5.41, 5.74) is 0.878. The van der Waals surface area contributed by atoms with Crippen molar-refractivity contribution in [3.8, 4) is 11.5 Å². The van der Waals surface area contributed by atoms with Crippen LogP contribution in [-0.4, -0.2) is 49.4 Å². The molecular formula is C17H20N2O4. The molecule has 0 bridgehead atoms. The number of carbonyl (C=O) groups excluding carboxylic acids is 1. The van der Waals surface area contributed by atoms with Gasteiger partial charge in [0.25, 0.3) is 0 Å². The molecule has 3 rings (SSSR count). The molecule has 0 saturated carbocycles. The Bertz CT molecular complexity index is 689. The number of aromatic nitrogens is 1. The van der Waals surface area contributed by atoms with E-state index in [2.05, 4.69) is 4.98 Å². The Morgan fingerprint density at radius 2 is 2.22 bits per heavy atom. The van der Waals surface area contributed by atoms with Gasteiger partial charge in [-0.2, -0.15) is 0 Å². The van der Waals surface area contributed by atoms with Crippen LogP contribution in [0.15, 0.2) is 30.5 Å². The van der Waals surface area contributed by atoms with Gasteiger partial charge in [-0.05, 0) is 37.1 Å². The average molecular weight is 316 g/mol. The second-order valence-corrected chi connectivity index (χ2v) is 5.35. The quantitative estimate of drug-likeness (QED) is 0.735. The lowest BCUT2D eigenvalue weighted by Crippen LogP contribution is -2.25. The molecule has 23 heavy (non-hydrogen) atoms. The second kappa shape index (κ2) is 7.17. The van der Waals surface area contributed by atoms with Gasteiger partial charge >= 0.3 is 6.09 Å². The molecule has 2 aromatic rings. The van der Waals surface area contributed by atoms with Gasteiger partial charge < -0.3 is 19.1 Å². The van der Waals surface area contributed by atoms with Crippen molar-refractivity contribution in [3.63, 3.8) is 0 Å². The number of ether oxygens (including phenoxy) is 3. The van der Waals surface area contributed by atoms with Crippen LogP contribution in [0.3, 0.4) is 0 Å². The van der Waals surface area contributed by atoms with Gasteiger partial charge in [0.15, 0.2) is 0 Å². The lowest BCUT2D eigenvalue weighted by Gasteiger charge is -2.13. The fourth-order valence-corrected chi connectivity index (χ4v) is 2.57. The Morgan fingerprint density at radius 1 is 1.30 bits per heavy atom. The summed E-state index contributed by atoms with van der Waals surface area (Å²) in [6, 6.07) is 7.59. The van der Waals surface area contributed by atoms with Gasteiger partial charge in [-0.25, -0.2) is 4.79 Å². The van der Waals surface area contributed by atoms with E-state index in [1.807, 2.05) is 24.3 Å². The number of benzene rings is 1. The van der Waals surface area contributed by atoms with Gasteiger partial charge in [-0.3, -0.25) is 4.98 Å². The van der Waals surface area contributed by atoms with Crippen LogP contribution in [0, 0.1) is 0 Å². The van der Waals surface area contributed by atoms with Crippen molar-refractivity contribution < 1.29 is 19.0 Å². The van der Waals surface area contributed by atoms with E-state index in [1.165, 1.54) is 0 Å². The van der Waals surface area contributed by atoms with Crippen molar-refractivity contribution in [3.05, 3.63) is 30.5 Å². The zero-order chi connectivity index (χ0) is 16.1. The highest BCUT2D eigenvalue weighted by Gasteiger charge is 2.20. The van der Waals surface area contributed by atoms with Crippen molar-refractivity contribution in [1.82, 2.24) is 9.88 Å². The smallest absolute Gasteiger partial charge is 0.409 e. The molecule has 0 aliphatic carbocycles. The molecule has 0 N–H and O–H groups in total. The Morgan fingerprint density at radius 3 is 3.00 bits per heavy atom. The van der Waals surface area contributed by atoms with E-state index >= 15 is 0 Å². The third-order valence-corrected chi connectivity index (χ3v) is 3.83. The zero-order valence-corrected chi connectivity index (χ0v) is 13.2. The summed E-state index contributed by atoms with van der Waals surface area (Å²) >= 11 is 0. The molecular weight excluding hydrogens is 296 g/mol. The number of carbonyl (C=O) groups is 1. The minimum Gasteiger partial charge on any atom is -0.497 e. The summed E-state index contributed by atoms with van der Waals surface area (Å²) in [5.74, 6) is 1.58. The number of hydrogen-bond donors (Lipinski definition) is 0. The molecule has 6 heteroatoms. The first-order valence-corrected chi connectivity index (χ1v) is 7.75. The number of hydrogen-bond acceptors (Lipinski definition) is 5. The Hall–Kier alpha value is -2.50. The van der Waals surface area contributed by atoms with Gasteiger partial charge in [0.2, 0.25) is 0 Å². The van der Waals surface area contributed by atoms with Crippen molar-refractivity contribution in [2.75, 3.05) is 33.4 Å². The minimum absolute atomic E-state index is 0.210. The molecule has 1 aromatic carbocycles. The summed E-state index contributed by atoms with van der Waals surface area (Å²) in [5, 5.41) is 0.940. The summed E-state index contributed by atoms with van der Waals surface area (Å²) in [6.07, 6.45) is 3.29. The topological polar surface area (TPSA) is 60.9 Å². The first kappa shape index (κ1) is 15.4. The maximum absolute atomic E-state index is 11.3. The number of fused-ring (bicyclic) bond motifs is 1. The maximum atomic E-state index is 11.3. The monoisotopic (exact) mass is 316 g/mol. The summed E-state index contributed by atoms with van der Waals surface area (Å²) in [4.78, 5) is 17.4.